The first-order valence-corrected chi connectivity index (χ1v) is 5.79. The van der Waals surface area contributed by atoms with Gasteiger partial charge in [-0.3, -0.25) is 0 Å². The van der Waals surface area contributed by atoms with E-state index in [0.717, 1.165) is 5.39 Å². The quantitative estimate of drug-likeness (QED) is 0.724. The lowest BCUT2D eigenvalue weighted by Crippen LogP contribution is -2.21. The van der Waals surface area contributed by atoms with Crippen molar-refractivity contribution >= 4 is 16.9 Å². The Morgan fingerprint density at radius 1 is 1.17 bits per heavy atom. The Morgan fingerprint density at radius 3 is 2.44 bits per heavy atom. The normalized spacial score (nSPS) is 11.6. The average molecular weight is 244 g/mol. The Morgan fingerprint density at radius 2 is 1.83 bits per heavy atom. The first-order chi connectivity index (χ1) is 8.45. The highest BCUT2D eigenvalue weighted by Gasteiger charge is 2.26. The monoisotopic (exact) mass is 244 g/mol. The lowest BCUT2D eigenvalue weighted by atomic mass is 9.87. The molecule has 0 bridgehead atoms. The van der Waals surface area contributed by atoms with Gasteiger partial charge in [0.25, 0.3) is 0 Å². The van der Waals surface area contributed by atoms with Crippen LogP contribution in [0.4, 0.5) is 0 Å². The van der Waals surface area contributed by atoms with Gasteiger partial charge in [-0.1, -0.05) is 39.0 Å². The third kappa shape index (κ3) is 2.06. The van der Waals surface area contributed by atoms with E-state index in [-0.39, 0.29) is 11.4 Å². The van der Waals surface area contributed by atoms with Crippen molar-refractivity contribution in [2.75, 3.05) is 7.11 Å². The predicted molar refractivity (Wildman–Crippen MR) is 69.6 cm³/mol. The molecule has 1 aromatic heterocycles. The van der Waals surface area contributed by atoms with Gasteiger partial charge in [0.2, 0.25) is 0 Å². The van der Waals surface area contributed by atoms with E-state index in [1.165, 1.54) is 7.11 Å². The van der Waals surface area contributed by atoms with Crippen LogP contribution in [0.3, 0.4) is 0 Å². The van der Waals surface area contributed by atoms with Crippen LogP contribution >= 0.6 is 0 Å². The molecule has 4 heteroatoms. The number of aromatic nitrogens is 2. The maximum atomic E-state index is 12.0. The minimum Gasteiger partial charge on any atom is -0.465 e. The molecule has 4 nitrogen and oxygen atoms in total. The highest BCUT2D eigenvalue weighted by atomic mass is 16.5. The van der Waals surface area contributed by atoms with E-state index in [4.69, 9.17) is 4.74 Å². The first kappa shape index (κ1) is 12.5. The molecule has 94 valence electrons. The number of carbonyl (C=O) groups is 1. The third-order valence-electron chi connectivity index (χ3n) is 2.77. The number of ether oxygens (including phenoxy) is 1. The summed E-state index contributed by atoms with van der Waals surface area (Å²) in [4.78, 5) is 12.0. The van der Waals surface area contributed by atoms with Crippen molar-refractivity contribution in [2.24, 2.45) is 0 Å². The van der Waals surface area contributed by atoms with Crippen molar-refractivity contribution < 1.29 is 9.53 Å². The molecule has 0 aliphatic rings. The minimum absolute atomic E-state index is 0.263. The molecule has 0 fully saturated rings. The predicted octanol–water partition coefficient (Wildman–Crippen LogP) is 2.71. The minimum atomic E-state index is -0.369. The lowest BCUT2D eigenvalue weighted by molar-refractivity contribution is 0.0599. The molecule has 0 N–H and O–H groups in total. The zero-order valence-corrected chi connectivity index (χ0v) is 11.0. The fourth-order valence-corrected chi connectivity index (χ4v) is 1.89. The summed E-state index contributed by atoms with van der Waals surface area (Å²) in [6.45, 7) is 5.99. The molecule has 0 radical (unpaired) electrons. The molecule has 0 saturated carbocycles. The number of benzene rings is 1. The fraction of sp³-hybridized carbons (Fsp3) is 0.357. The molecule has 2 aromatic rings. The Kier molecular flexibility index (Phi) is 3.03. The maximum absolute atomic E-state index is 12.0. The van der Waals surface area contributed by atoms with Gasteiger partial charge in [-0.15, -0.1) is 0 Å². The second-order valence-corrected chi connectivity index (χ2v) is 5.18. The molecule has 2 rings (SSSR count). The molecule has 0 saturated heterocycles. The average Bonchev–Trinajstić information content (AvgIpc) is 2.35. The Bertz CT molecular complexity index is 600. The van der Waals surface area contributed by atoms with Gasteiger partial charge in [0.15, 0.2) is 0 Å². The van der Waals surface area contributed by atoms with Gasteiger partial charge < -0.3 is 4.74 Å². The van der Waals surface area contributed by atoms with E-state index in [1.807, 2.05) is 45.0 Å². The van der Waals surface area contributed by atoms with Crippen LogP contribution in [-0.4, -0.2) is 23.3 Å². The molecule has 0 aliphatic carbocycles. The van der Waals surface area contributed by atoms with Crippen LogP contribution in [0.1, 0.15) is 36.8 Å². The largest absolute Gasteiger partial charge is 0.465 e. The van der Waals surface area contributed by atoms with Crippen LogP contribution in [0.5, 0.6) is 0 Å². The number of fused-ring (bicyclic) bond motifs is 1. The number of carbonyl (C=O) groups excluding carboxylic acids is 1. The Hall–Kier alpha value is -1.97. The highest BCUT2D eigenvalue weighted by molar-refractivity contribution is 6.04. The smallest absolute Gasteiger partial charge is 0.340 e. The van der Waals surface area contributed by atoms with Gasteiger partial charge in [-0.25, -0.2) is 4.79 Å². The second-order valence-electron chi connectivity index (χ2n) is 5.18. The molecule has 1 heterocycles. The molecule has 0 unspecified atom stereocenters. The second kappa shape index (κ2) is 4.37. The van der Waals surface area contributed by atoms with E-state index in [0.29, 0.717) is 16.8 Å². The van der Waals surface area contributed by atoms with Crippen LogP contribution in [-0.2, 0) is 10.2 Å². The van der Waals surface area contributed by atoms with Gasteiger partial charge in [-0.2, -0.15) is 10.2 Å². The molecule has 0 spiro atoms. The summed E-state index contributed by atoms with van der Waals surface area (Å²) >= 11 is 0. The van der Waals surface area contributed by atoms with E-state index in [1.54, 1.807) is 0 Å². The van der Waals surface area contributed by atoms with Crippen molar-refractivity contribution in [3.63, 3.8) is 0 Å². The van der Waals surface area contributed by atoms with Crippen molar-refractivity contribution in [2.45, 2.75) is 26.2 Å². The number of hydrogen-bond donors (Lipinski definition) is 0. The van der Waals surface area contributed by atoms with E-state index in [2.05, 4.69) is 10.2 Å². The van der Waals surface area contributed by atoms with Crippen molar-refractivity contribution in [1.82, 2.24) is 10.2 Å². The van der Waals surface area contributed by atoms with Crippen molar-refractivity contribution in [3.05, 3.63) is 35.5 Å². The van der Waals surface area contributed by atoms with Gasteiger partial charge in [0.1, 0.15) is 0 Å². The summed E-state index contributed by atoms with van der Waals surface area (Å²) in [5, 5.41) is 9.15. The number of esters is 1. The molecular weight excluding hydrogens is 228 g/mol. The first-order valence-electron chi connectivity index (χ1n) is 5.79. The van der Waals surface area contributed by atoms with Gasteiger partial charge in [-0.05, 0) is 6.07 Å². The number of nitrogens with zero attached hydrogens (tertiary/aromatic N) is 2. The number of hydrogen-bond acceptors (Lipinski definition) is 4. The van der Waals surface area contributed by atoms with Crippen molar-refractivity contribution in [1.29, 1.82) is 0 Å². The molecule has 1 aromatic carbocycles. The molecule has 0 aliphatic heterocycles. The van der Waals surface area contributed by atoms with E-state index >= 15 is 0 Å². The van der Waals surface area contributed by atoms with Crippen LogP contribution in [0.25, 0.3) is 10.9 Å². The maximum Gasteiger partial charge on any atom is 0.340 e. The van der Waals surface area contributed by atoms with Gasteiger partial charge in [0, 0.05) is 10.8 Å². The Labute approximate surface area is 106 Å². The summed E-state index contributed by atoms with van der Waals surface area (Å²) in [5.41, 5.74) is 1.61. The van der Waals surface area contributed by atoms with E-state index in [9.17, 15) is 4.79 Å². The van der Waals surface area contributed by atoms with Crippen LogP contribution in [0.15, 0.2) is 24.3 Å². The van der Waals surface area contributed by atoms with E-state index < -0.39 is 0 Å². The molecular formula is C14H16N2O2. The molecule has 0 amide bonds. The van der Waals surface area contributed by atoms with Crippen LogP contribution < -0.4 is 0 Å². The topological polar surface area (TPSA) is 52.1 Å². The summed E-state index contributed by atoms with van der Waals surface area (Å²) in [6, 6.07) is 7.45. The van der Waals surface area contributed by atoms with Crippen LogP contribution in [0.2, 0.25) is 0 Å². The van der Waals surface area contributed by atoms with Crippen molar-refractivity contribution in [3.8, 4) is 0 Å². The summed E-state index contributed by atoms with van der Waals surface area (Å²) in [5.74, 6) is -0.369. The summed E-state index contributed by atoms with van der Waals surface area (Å²) in [7, 11) is 1.38. The van der Waals surface area contributed by atoms with Gasteiger partial charge in [0.05, 0.1) is 23.9 Å². The summed E-state index contributed by atoms with van der Waals surface area (Å²) < 4.78 is 4.87. The molecule has 0 atom stereocenters. The van der Waals surface area contributed by atoms with Crippen LogP contribution in [0, 0.1) is 0 Å². The summed E-state index contributed by atoms with van der Waals surface area (Å²) in [6.07, 6.45) is 0. The zero-order valence-electron chi connectivity index (χ0n) is 11.0. The zero-order chi connectivity index (χ0) is 13.3. The molecule has 18 heavy (non-hydrogen) atoms. The lowest BCUT2D eigenvalue weighted by Gasteiger charge is -2.20. The fourth-order valence-electron chi connectivity index (χ4n) is 1.89. The Balaban J connectivity index is 2.84. The third-order valence-corrected chi connectivity index (χ3v) is 2.77. The number of rotatable bonds is 1. The highest BCUT2D eigenvalue weighted by Crippen LogP contribution is 2.28. The standard InChI is InChI=1S/C14H16N2O2/c1-14(2,3)12-11(13(17)18-4)9-7-5-6-8-10(9)15-16-12/h5-8H,1-4H3. The number of methoxy groups -OCH3 is 1. The SMILES string of the molecule is COC(=O)c1c(C(C)(C)C)nnc2ccccc12. The van der Waals surface area contributed by atoms with Gasteiger partial charge >= 0.3 is 5.97 Å².